The second kappa shape index (κ2) is 9.19. The number of ether oxygens (including phenoxy) is 2. The van der Waals surface area contributed by atoms with Crippen LogP contribution in [-0.2, 0) is 19.1 Å². The number of nitrogens with one attached hydrogen (secondary N) is 2. The predicted molar refractivity (Wildman–Crippen MR) is 80.0 cm³/mol. The van der Waals surface area contributed by atoms with E-state index in [2.05, 4.69) is 10.6 Å². The van der Waals surface area contributed by atoms with Crippen molar-refractivity contribution in [2.24, 2.45) is 0 Å². The van der Waals surface area contributed by atoms with E-state index in [1.165, 1.54) is 20.0 Å². The highest BCUT2D eigenvalue weighted by molar-refractivity contribution is 5.94. The van der Waals surface area contributed by atoms with Gasteiger partial charge in [0.2, 0.25) is 5.91 Å². The SMILES string of the molecule is CNC(=O)CNC(=O)COC(=O)COc1cccc(C(C)=O)c1. The van der Waals surface area contributed by atoms with Gasteiger partial charge in [0, 0.05) is 12.6 Å². The summed E-state index contributed by atoms with van der Waals surface area (Å²) >= 11 is 0. The number of carbonyl (C=O) groups excluding carboxylic acids is 4. The number of carbonyl (C=O) groups is 4. The number of likely N-dealkylation sites (N-methyl/N-ethyl adjacent to an activating group) is 1. The third-order valence-corrected chi connectivity index (χ3v) is 2.69. The van der Waals surface area contributed by atoms with Gasteiger partial charge >= 0.3 is 5.97 Å². The molecular formula is C15H18N2O6. The lowest BCUT2D eigenvalue weighted by molar-refractivity contribution is -0.150. The van der Waals surface area contributed by atoms with Crippen LogP contribution in [0, 0.1) is 0 Å². The van der Waals surface area contributed by atoms with Crippen LogP contribution in [0.25, 0.3) is 0 Å². The summed E-state index contributed by atoms with van der Waals surface area (Å²) < 4.78 is 9.88. The molecule has 8 nitrogen and oxygen atoms in total. The molecule has 1 aromatic rings. The van der Waals surface area contributed by atoms with E-state index in [0.29, 0.717) is 11.3 Å². The molecule has 0 aromatic heterocycles. The van der Waals surface area contributed by atoms with Crippen molar-refractivity contribution in [3.63, 3.8) is 0 Å². The summed E-state index contributed by atoms with van der Waals surface area (Å²) in [6.45, 7) is 0.322. The fourth-order valence-corrected chi connectivity index (χ4v) is 1.45. The van der Waals surface area contributed by atoms with Crippen LogP contribution in [-0.4, -0.2) is 50.4 Å². The normalized spacial score (nSPS) is 9.65. The minimum absolute atomic E-state index is 0.120. The molecule has 1 aromatic carbocycles. The van der Waals surface area contributed by atoms with Gasteiger partial charge in [-0.25, -0.2) is 4.79 Å². The average molecular weight is 322 g/mol. The third kappa shape index (κ3) is 7.07. The number of amides is 2. The number of esters is 1. The average Bonchev–Trinajstić information content (AvgIpc) is 2.56. The van der Waals surface area contributed by atoms with Gasteiger partial charge in [0.15, 0.2) is 19.0 Å². The molecule has 0 saturated carbocycles. The lowest BCUT2D eigenvalue weighted by Crippen LogP contribution is -2.37. The van der Waals surface area contributed by atoms with Crippen LogP contribution in [0.4, 0.5) is 0 Å². The van der Waals surface area contributed by atoms with E-state index in [1.807, 2.05) is 0 Å². The molecule has 0 aliphatic carbocycles. The second-order valence-corrected chi connectivity index (χ2v) is 4.48. The van der Waals surface area contributed by atoms with E-state index in [9.17, 15) is 19.2 Å². The number of Topliss-reactive ketones (excluding diaryl/α,β-unsaturated/α-hetero) is 1. The van der Waals surface area contributed by atoms with Gasteiger partial charge in [-0.1, -0.05) is 12.1 Å². The van der Waals surface area contributed by atoms with Crippen LogP contribution in [0.5, 0.6) is 5.75 Å². The molecule has 0 bridgehead atoms. The molecule has 0 fully saturated rings. The summed E-state index contributed by atoms with van der Waals surface area (Å²) in [5.74, 6) is -1.48. The lowest BCUT2D eigenvalue weighted by Gasteiger charge is -2.08. The van der Waals surface area contributed by atoms with Crippen molar-refractivity contribution in [3.05, 3.63) is 29.8 Å². The largest absolute Gasteiger partial charge is 0.482 e. The van der Waals surface area contributed by atoms with Crippen molar-refractivity contribution in [1.29, 1.82) is 0 Å². The Balaban J connectivity index is 2.32. The van der Waals surface area contributed by atoms with E-state index in [-0.39, 0.29) is 18.2 Å². The lowest BCUT2D eigenvalue weighted by atomic mass is 10.1. The summed E-state index contributed by atoms with van der Waals surface area (Å²) in [6, 6.07) is 6.36. The van der Waals surface area contributed by atoms with Crippen LogP contribution in [0.2, 0.25) is 0 Å². The first kappa shape index (κ1) is 18.1. The molecule has 2 amide bonds. The standard InChI is InChI=1S/C15H18N2O6/c1-10(18)11-4-3-5-12(6-11)22-9-15(21)23-8-14(20)17-7-13(19)16-2/h3-6H,7-9H2,1-2H3,(H,16,19)(H,17,20). The van der Waals surface area contributed by atoms with Crippen molar-refractivity contribution < 1.29 is 28.7 Å². The van der Waals surface area contributed by atoms with Crippen LogP contribution in [0.15, 0.2) is 24.3 Å². The van der Waals surface area contributed by atoms with Gasteiger partial charge in [0.25, 0.3) is 5.91 Å². The first-order chi connectivity index (χ1) is 10.9. The number of ketones is 1. The smallest absolute Gasteiger partial charge is 0.344 e. The summed E-state index contributed by atoms with van der Waals surface area (Å²) in [5, 5.41) is 4.61. The Labute approximate surface area is 133 Å². The number of hydrogen-bond acceptors (Lipinski definition) is 6. The summed E-state index contributed by atoms with van der Waals surface area (Å²) in [7, 11) is 1.44. The van der Waals surface area contributed by atoms with Crippen molar-refractivity contribution in [1.82, 2.24) is 10.6 Å². The maximum absolute atomic E-state index is 11.5. The van der Waals surface area contributed by atoms with E-state index in [4.69, 9.17) is 9.47 Å². The zero-order chi connectivity index (χ0) is 17.2. The molecule has 0 saturated heterocycles. The van der Waals surface area contributed by atoms with E-state index < -0.39 is 25.1 Å². The van der Waals surface area contributed by atoms with Gasteiger partial charge in [0.1, 0.15) is 5.75 Å². The fourth-order valence-electron chi connectivity index (χ4n) is 1.45. The third-order valence-electron chi connectivity index (χ3n) is 2.69. The van der Waals surface area contributed by atoms with Crippen molar-refractivity contribution in [2.45, 2.75) is 6.92 Å². The first-order valence-corrected chi connectivity index (χ1v) is 6.79. The van der Waals surface area contributed by atoms with Gasteiger partial charge in [0.05, 0.1) is 6.54 Å². The minimum atomic E-state index is -0.742. The molecular weight excluding hydrogens is 304 g/mol. The Morgan fingerprint density at radius 3 is 2.48 bits per heavy atom. The molecule has 0 heterocycles. The van der Waals surface area contributed by atoms with Gasteiger partial charge in [-0.3, -0.25) is 14.4 Å². The molecule has 8 heteroatoms. The Bertz CT molecular complexity index is 599. The molecule has 2 N–H and O–H groups in total. The predicted octanol–water partition coefficient (Wildman–Crippen LogP) is -0.327. The summed E-state index contributed by atoms with van der Waals surface area (Å²) in [4.78, 5) is 44.9. The summed E-state index contributed by atoms with van der Waals surface area (Å²) in [6.07, 6.45) is 0. The topological polar surface area (TPSA) is 111 Å². The van der Waals surface area contributed by atoms with Crippen LogP contribution < -0.4 is 15.4 Å². The van der Waals surface area contributed by atoms with Crippen LogP contribution in [0.1, 0.15) is 17.3 Å². The van der Waals surface area contributed by atoms with Crippen LogP contribution >= 0.6 is 0 Å². The minimum Gasteiger partial charge on any atom is -0.482 e. The monoisotopic (exact) mass is 322 g/mol. The van der Waals surface area contributed by atoms with Crippen molar-refractivity contribution in [2.75, 3.05) is 26.8 Å². The summed E-state index contributed by atoms with van der Waals surface area (Å²) in [5.41, 5.74) is 0.462. The molecule has 0 aliphatic rings. The van der Waals surface area contributed by atoms with Gasteiger partial charge in [-0.15, -0.1) is 0 Å². The molecule has 0 unspecified atom stereocenters. The maximum atomic E-state index is 11.5. The number of rotatable bonds is 8. The van der Waals surface area contributed by atoms with Gasteiger partial charge in [-0.05, 0) is 19.1 Å². The highest BCUT2D eigenvalue weighted by Crippen LogP contribution is 2.13. The van der Waals surface area contributed by atoms with Crippen LogP contribution in [0.3, 0.4) is 0 Å². The van der Waals surface area contributed by atoms with E-state index in [1.54, 1.807) is 18.2 Å². The zero-order valence-corrected chi connectivity index (χ0v) is 12.9. The van der Waals surface area contributed by atoms with Crippen molar-refractivity contribution >= 4 is 23.6 Å². The Morgan fingerprint density at radius 1 is 1.09 bits per heavy atom. The highest BCUT2D eigenvalue weighted by atomic mass is 16.6. The fraction of sp³-hybridized carbons (Fsp3) is 0.333. The van der Waals surface area contributed by atoms with Gasteiger partial charge < -0.3 is 20.1 Å². The zero-order valence-electron chi connectivity index (χ0n) is 12.9. The second-order valence-electron chi connectivity index (χ2n) is 4.48. The Morgan fingerprint density at radius 2 is 1.83 bits per heavy atom. The molecule has 0 spiro atoms. The Hall–Kier alpha value is -2.90. The number of hydrogen-bond donors (Lipinski definition) is 2. The quantitative estimate of drug-likeness (QED) is 0.501. The maximum Gasteiger partial charge on any atom is 0.344 e. The van der Waals surface area contributed by atoms with Crippen molar-refractivity contribution in [3.8, 4) is 5.75 Å². The highest BCUT2D eigenvalue weighted by Gasteiger charge is 2.10. The molecule has 124 valence electrons. The van der Waals surface area contributed by atoms with Gasteiger partial charge in [-0.2, -0.15) is 0 Å². The molecule has 1 rings (SSSR count). The number of benzene rings is 1. The van der Waals surface area contributed by atoms with E-state index >= 15 is 0 Å². The molecule has 0 radical (unpaired) electrons. The molecule has 0 aliphatic heterocycles. The molecule has 0 atom stereocenters. The Kier molecular flexibility index (Phi) is 7.25. The molecule has 23 heavy (non-hydrogen) atoms. The van der Waals surface area contributed by atoms with E-state index in [0.717, 1.165) is 0 Å². The first-order valence-electron chi connectivity index (χ1n) is 6.79.